The van der Waals surface area contributed by atoms with Crippen LogP contribution in [-0.4, -0.2) is 32.7 Å². The molecule has 0 radical (unpaired) electrons. The molecule has 0 saturated carbocycles. The Morgan fingerprint density at radius 1 is 1.15 bits per heavy atom. The molecule has 0 heterocycles. The first-order chi connectivity index (χ1) is 12.2. The third kappa shape index (κ3) is 4.44. The van der Waals surface area contributed by atoms with Gasteiger partial charge in [-0.05, 0) is 37.1 Å². The maximum Gasteiger partial charge on any atom is 0.253 e. The highest BCUT2D eigenvalue weighted by molar-refractivity contribution is 7.89. The molecular formula is C19H23ClN2O3S. The first-order valence-corrected chi connectivity index (χ1v) is 10.1. The van der Waals surface area contributed by atoms with Gasteiger partial charge in [0.1, 0.15) is 0 Å². The molecule has 2 rings (SSSR count). The summed E-state index contributed by atoms with van der Waals surface area (Å²) in [7, 11) is -0.769. The van der Waals surface area contributed by atoms with E-state index in [1.165, 1.54) is 32.3 Å². The summed E-state index contributed by atoms with van der Waals surface area (Å²) in [5, 5.41) is 3.14. The predicted molar refractivity (Wildman–Crippen MR) is 104 cm³/mol. The molecule has 26 heavy (non-hydrogen) atoms. The number of nitrogens with zero attached hydrogens (tertiary/aromatic N) is 1. The fraction of sp³-hybridized carbons (Fsp3) is 0.316. The molecule has 1 atom stereocenters. The van der Waals surface area contributed by atoms with E-state index in [2.05, 4.69) is 5.32 Å². The van der Waals surface area contributed by atoms with E-state index in [9.17, 15) is 13.2 Å². The zero-order chi connectivity index (χ0) is 19.5. The highest BCUT2D eigenvalue weighted by Gasteiger charge is 2.22. The van der Waals surface area contributed by atoms with Crippen molar-refractivity contribution in [3.8, 4) is 0 Å². The van der Waals surface area contributed by atoms with Crippen LogP contribution < -0.4 is 5.32 Å². The van der Waals surface area contributed by atoms with Crippen LogP contribution in [0, 0.1) is 6.92 Å². The Morgan fingerprint density at radius 3 is 2.31 bits per heavy atom. The van der Waals surface area contributed by atoms with E-state index in [1.54, 1.807) is 0 Å². The smallest absolute Gasteiger partial charge is 0.253 e. The largest absolute Gasteiger partial charge is 0.345 e. The summed E-state index contributed by atoms with van der Waals surface area (Å²) in [5.74, 6) is -0.404. The summed E-state index contributed by atoms with van der Waals surface area (Å²) in [6.07, 6.45) is 0.697. The summed E-state index contributed by atoms with van der Waals surface area (Å²) >= 11 is 6.14. The van der Waals surface area contributed by atoms with Crippen LogP contribution in [-0.2, 0) is 10.0 Å². The molecule has 0 bridgehead atoms. The molecule has 0 aliphatic heterocycles. The Bertz CT molecular complexity index is 894. The fourth-order valence-corrected chi connectivity index (χ4v) is 3.64. The monoisotopic (exact) mass is 394 g/mol. The van der Waals surface area contributed by atoms with Crippen LogP contribution in [0.3, 0.4) is 0 Å². The van der Waals surface area contributed by atoms with Gasteiger partial charge in [0.05, 0.1) is 21.5 Å². The van der Waals surface area contributed by atoms with E-state index in [4.69, 9.17) is 11.6 Å². The van der Waals surface area contributed by atoms with Gasteiger partial charge in [0.2, 0.25) is 10.0 Å². The Labute approximate surface area is 160 Å². The lowest BCUT2D eigenvalue weighted by atomic mass is 10.0. The molecule has 0 aromatic heterocycles. The van der Waals surface area contributed by atoms with Crippen LogP contribution >= 0.6 is 11.6 Å². The van der Waals surface area contributed by atoms with E-state index < -0.39 is 15.9 Å². The second-order valence-electron chi connectivity index (χ2n) is 6.27. The van der Waals surface area contributed by atoms with Crippen molar-refractivity contribution in [2.75, 3.05) is 14.1 Å². The highest BCUT2D eigenvalue weighted by atomic mass is 35.5. The number of halogens is 1. The molecule has 1 amide bonds. The average molecular weight is 395 g/mol. The summed E-state index contributed by atoms with van der Waals surface area (Å²) in [6, 6.07) is 11.9. The van der Waals surface area contributed by atoms with Crippen molar-refractivity contribution < 1.29 is 13.2 Å². The van der Waals surface area contributed by atoms with Crippen molar-refractivity contribution >= 4 is 27.5 Å². The van der Waals surface area contributed by atoms with Crippen molar-refractivity contribution in [2.45, 2.75) is 31.2 Å². The number of hydrogen-bond acceptors (Lipinski definition) is 3. The summed E-state index contributed by atoms with van der Waals surface area (Å²) in [5.41, 5.74) is 2.26. The Balaban J connectivity index is 2.32. The van der Waals surface area contributed by atoms with Gasteiger partial charge in [-0.15, -0.1) is 0 Å². The third-order valence-electron chi connectivity index (χ3n) is 4.15. The minimum absolute atomic E-state index is 0.0282. The number of nitrogens with one attached hydrogen (secondary N) is 1. The van der Waals surface area contributed by atoms with Crippen molar-refractivity contribution in [3.05, 3.63) is 64.2 Å². The molecular weight excluding hydrogens is 372 g/mol. The zero-order valence-corrected chi connectivity index (χ0v) is 16.9. The molecule has 5 nitrogen and oxygen atoms in total. The van der Waals surface area contributed by atoms with Crippen LogP contribution in [0.2, 0.25) is 5.02 Å². The molecule has 7 heteroatoms. The normalized spacial score (nSPS) is 12.8. The lowest BCUT2D eigenvalue weighted by Gasteiger charge is -2.19. The number of carbonyl (C=O) groups is 1. The second-order valence-corrected chi connectivity index (χ2v) is 8.83. The topological polar surface area (TPSA) is 66.5 Å². The van der Waals surface area contributed by atoms with Crippen molar-refractivity contribution in [3.63, 3.8) is 0 Å². The molecule has 2 aromatic carbocycles. The van der Waals surface area contributed by atoms with Gasteiger partial charge < -0.3 is 5.32 Å². The Kier molecular flexibility index (Phi) is 6.44. The molecule has 2 aromatic rings. The van der Waals surface area contributed by atoms with Gasteiger partial charge in [-0.2, -0.15) is 0 Å². The molecule has 140 valence electrons. The number of sulfonamides is 1. The van der Waals surface area contributed by atoms with E-state index in [0.29, 0.717) is 6.42 Å². The van der Waals surface area contributed by atoms with E-state index in [0.717, 1.165) is 15.4 Å². The summed E-state index contributed by atoms with van der Waals surface area (Å²) in [4.78, 5) is 12.7. The lowest BCUT2D eigenvalue weighted by molar-refractivity contribution is 0.0935. The van der Waals surface area contributed by atoms with Crippen LogP contribution in [0.1, 0.15) is 40.9 Å². The summed E-state index contributed by atoms with van der Waals surface area (Å²) in [6.45, 7) is 3.97. The SMILES string of the molecule is CC[C@@H](NC(=O)c1cc(S(=O)(=O)N(C)C)ccc1Cl)c1ccc(C)cc1. The van der Waals surface area contributed by atoms with Gasteiger partial charge in [0.15, 0.2) is 0 Å². The fourth-order valence-electron chi connectivity index (χ4n) is 2.51. The van der Waals surface area contributed by atoms with Crippen LogP contribution in [0.25, 0.3) is 0 Å². The number of aryl methyl sites for hydroxylation is 1. The first kappa shape index (κ1) is 20.4. The molecule has 0 fully saturated rings. The van der Waals surface area contributed by atoms with E-state index >= 15 is 0 Å². The van der Waals surface area contributed by atoms with Gasteiger partial charge in [0, 0.05) is 14.1 Å². The maximum atomic E-state index is 12.7. The number of rotatable bonds is 6. The number of amides is 1. The van der Waals surface area contributed by atoms with Gasteiger partial charge in [-0.1, -0.05) is 48.4 Å². The van der Waals surface area contributed by atoms with Crippen molar-refractivity contribution in [1.82, 2.24) is 9.62 Å². The van der Waals surface area contributed by atoms with Crippen LogP contribution in [0.5, 0.6) is 0 Å². The van der Waals surface area contributed by atoms with Crippen LogP contribution in [0.4, 0.5) is 0 Å². The summed E-state index contributed by atoms with van der Waals surface area (Å²) < 4.78 is 25.7. The molecule has 0 aliphatic rings. The minimum Gasteiger partial charge on any atom is -0.345 e. The zero-order valence-electron chi connectivity index (χ0n) is 15.3. The quantitative estimate of drug-likeness (QED) is 0.810. The van der Waals surface area contributed by atoms with Gasteiger partial charge >= 0.3 is 0 Å². The predicted octanol–water partition coefficient (Wildman–Crippen LogP) is 3.78. The van der Waals surface area contributed by atoms with E-state index in [-0.39, 0.29) is 21.5 Å². The Morgan fingerprint density at radius 2 is 1.77 bits per heavy atom. The minimum atomic E-state index is -3.65. The van der Waals surface area contributed by atoms with Crippen molar-refractivity contribution in [2.24, 2.45) is 0 Å². The molecule has 0 spiro atoms. The highest BCUT2D eigenvalue weighted by Crippen LogP contribution is 2.24. The first-order valence-electron chi connectivity index (χ1n) is 8.26. The van der Waals surface area contributed by atoms with Crippen molar-refractivity contribution in [1.29, 1.82) is 0 Å². The molecule has 0 unspecified atom stereocenters. The van der Waals surface area contributed by atoms with Gasteiger partial charge in [-0.3, -0.25) is 4.79 Å². The Hall–Kier alpha value is -1.89. The number of hydrogen-bond donors (Lipinski definition) is 1. The molecule has 1 N–H and O–H groups in total. The van der Waals surface area contributed by atoms with Crippen LogP contribution in [0.15, 0.2) is 47.4 Å². The molecule has 0 saturated heterocycles. The number of carbonyl (C=O) groups excluding carboxylic acids is 1. The third-order valence-corrected chi connectivity index (χ3v) is 6.29. The standard InChI is InChI=1S/C19H23ClN2O3S/c1-5-18(14-8-6-13(2)7-9-14)21-19(23)16-12-15(10-11-17(16)20)26(24,25)22(3)4/h6-12,18H,5H2,1-4H3,(H,21,23)/t18-/m1/s1. The maximum absolute atomic E-state index is 12.7. The number of benzene rings is 2. The second kappa shape index (κ2) is 8.20. The van der Waals surface area contributed by atoms with Gasteiger partial charge in [-0.25, -0.2) is 12.7 Å². The van der Waals surface area contributed by atoms with E-state index in [1.807, 2.05) is 38.1 Å². The lowest BCUT2D eigenvalue weighted by Crippen LogP contribution is -2.29. The van der Waals surface area contributed by atoms with Gasteiger partial charge in [0.25, 0.3) is 5.91 Å². The average Bonchev–Trinajstić information content (AvgIpc) is 2.60. The molecule has 0 aliphatic carbocycles.